The first-order valence-corrected chi connectivity index (χ1v) is 7.17. The summed E-state index contributed by atoms with van der Waals surface area (Å²) in [5.41, 5.74) is -5.02. The van der Waals surface area contributed by atoms with Crippen LogP contribution in [0.4, 0.5) is 26.3 Å². The fraction of sp³-hybridized carbons (Fsp3) is 0.714. The molecule has 0 saturated heterocycles. The third-order valence-electron chi connectivity index (χ3n) is 4.34. The highest BCUT2D eigenvalue weighted by molar-refractivity contribution is 5.18. The first-order chi connectivity index (χ1) is 10.4. The van der Waals surface area contributed by atoms with E-state index in [-0.39, 0.29) is 29.3 Å². The maximum Gasteiger partial charge on any atom is 0.433 e. The number of rotatable bonds is 6. The zero-order valence-corrected chi connectivity index (χ0v) is 15.0. The Morgan fingerprint density at radius 1 is 0.917 bits per heavy atom. The molecule has 0 unspecified atom stereocenters. The monoisotopic (exact) mass is 427 g/mol. The van der Waals surface area contributed by atoms with Crippen LogP contribution in [0.1, 0.15) is 32.3 Å². The van der Waals surface area contributed by atoms with E-state index in [1.807, 2.05) is 20.8 Å². The molecule has 1 aromatic heterocycles. The van der Waals surface area contributed by atoms with Gasteiger partial charge in [0.15, 0.2) is 11.5 Å². The van der Waals surface area contributed by atoms with E-state index in [1.165, 1.54) is 0 Å². The molecule has 24 heavy (non-hydrogen) atoms. The van der Waals surface area contributed by atoms with E-state index in [1.54, 1.807) is 0 Å². The number of halogens is 7. The fourth-order valence-electron chi connectivity index (χ4n) is 2.43. The Bertz CT molecular complexity index is 500. The van der Waals surface area contributed by atoms with Crippen LogP contribution >= 0.6 is 0 Å². The molecule has 0 bridgehead atoms. The predicted octanol–water partition coefficient (Wildman–Crippen LogP) is 0.972. The summed E-state index contributed by atoms with van der Waals surface area (Å²) in [5.74, 6) is -1.59. The van der Waals surface area contributed by atoms with Crippen LogP contribution < -0.4 is 17.0 Å². The summed E-state index contributed by atoms with van der Waals surface area (Å²) >= 11 is 0. The van der Waals surface area contributed by atoms with Gasteiger partial charge in [0.25, 0.3) is 0 Å². The summed E-state index contributed by atoms with van der Waals surface area (Å²) < 4.78 is 82.0. The minimum atomic E-state index is -5.94. The van der Waals surface area contributed by atoms with Crippen molar-refractivity contribution in [1.29, 1.82) is 0 Å². The van der Waals surface area contributed by atoms with Crippen LogP contribution in [0.2, 0.25) is 0 Å². The molecule has 1 heterocycles. The van der Waals surface area contributed by atoms with Gasteiger partial charge in [-0.15, -0.1) is 0 Å². The molecular formula is C14H20BrF6NO2. The van der Waals surface area contributed by atoms with Crippen LogP contribution in [0.3, 0.4) is 0 Å². The third kappa shape index (κ3) is 4.08. The van der Waals surface area contributed by atoms with Crippen molar-refractivity contribution >= 4 is 0 Å². The van der Waals surface area contributed by atoms with Gasteiger partial charge in [-0.3, -0.25) is 0 Å². The summed E-state index contributed by atoms with van der Waals surface area (Å²) in [5, 5.41) is 9.29. The highest BCUT2D eigenvalue weighted by Crippen LogP contribution is 2.50. The van der Waals surface area contributed by atoms with Gasteiger partial charge < -0.3 is 31.0 Å². The lowest BCUT2D eigenvalue weighted by molar-refractivity contribution is -0.937. The number of nitrogens with zero attached hydrogens (tertiary/aromatic N) is 1. The first-order valence-electron chi connectivity index (χ1n) is 7.17. The van der Waals surface area contributed by atoms with Gasteiger partial charge in [-0.25, -0.2) is 0 Å². The molecule has 1 aromatic rings. The maximum absolute atomic E-state index is 12.8. The van der Waals surface area contributed by atoms with Gasteiger partial charge in [-0.1, -0.05) is 0 Å². The average molecular weight is 428 g/mol. The standard InChI is InChI=1S/C14H20F6NO2.BrH/c1-4-21(5-2,6-3)9-10-7-8-11(23-10)12(22,13(15,16)17)14(18,19)20;/h7-8,22H,4-6,9H2,1-3H3;1H/q+1;/p-1. The Balaban J connectivity index is 0.00000529. The fourth-order valence-corrected chi connectivity index (χ4v) is 2.43. The lowest BCUT2D eigenvalue weighted by Gasteiger charge is -2.35. The lowest BCUT2D eigenvalue weighted by Crippen LogP contribution is -3.00. The number of hydrogen-bond acceptors (Lipinski definition) is 2. The Kier molecular flexibility index (Phi) is 7.42. The summed E-state index contributed by atoms with van der Waals surface area (Å²) in [6.45, 7) is 7.70. The molecule has 0 spiro atoms. The molecule has 0 aliphatic heterocycles. The van der Waals surface area contributed by atoms with E-state index in [2.05, 4.69) is 0 Å². The van der Waals surface area contributed by atoms with E-state index in [4.69, 9.17) is 4.42 Å². The zero-order valence-electron chi connectivity index (χ0n) is 13.4. The minimum Gasteiger partial charge on any atom is -1.00 e. The zero-order chi connectivity index (χ0) is 18.1. The largest absolute Gasteiger partial charge is 1.00 e. The molecule has 3 nitrogen and oxygen atoms in total. The van der Waals surface area contributed by atoms with Crippen molar-refractivity contribution < 1.29 is 57.3 Å². The van der Waals surface area contributed by atoms with Crippen molar-refractivity contribution in [3.8, 4) is 0 Å². The van der Waals surface area contributed by atoms with Crippen molar-refractivity contribution in [2.24, 2.45) is 0 Å². The first kappa shape index (κ1) is 23.3. The second kappa shape index (κ2) is 7.65. The van der Waals surface area contributed by atoms with E-state index in [9.17, 15) is 31.4 Å². The quantitative estimate of drug-likeness (QED) is 0.542. The maximum atomic E-state index is 12.8. The van der Waals surface area contributed by atoms with Crippen LogP contribution in [-0.2, 0) is 12.1 Å². The SMILES string of the molecule is CC[N+](CC)(CC)Cc1ccc(C(O)(C(F)(F)F)C(F)(F)F)o1.[Br-]. The predicted molar refractivity (Wildman–Crippen MR) is 70.3 cm³/mol. The normalized spacial score (nSPS) is 13.8. The second-order valence-corrected chi connectivity index (χ2v) is 5.42. The number of quaternary nitrogens is 1. The van der Waals surface area contributed by atoms with Gasteiger partial charge in [-0.2, -0.15) is 26.3 Å². The van der Waals surface area contributed by atoms with Crippen LogP contribution in [0.25, 0.3) is 0 Å². The summed E-state index contributed by atoms with van der Waals surface area (Å²) in [4.78, 5) is 0. The van der Waals surface area contributed by atoms with Gasteiger partial charge in [0.2, 0.25) is 0 Å². The molecule has 0 aromatic carbocycles. The average Bonchev–Trinajstić information content (AvgIpc) is 2.90. The molecule has 142 valence electrons. The van der Waals surface area contributed by atoms with Gasteiger partial charge >= 0.3 is 18.0 Å². The van der Waals surface area contributed by atoms with E-state index >= 15 is 0 Å². The van der Waals surface area contributed by atoms with Crippen molar-refractivity contribution in [2.45, 2.75) is 45.3 Å². The Hall–Kier alpha value is -0.740. The van der Waals surface area contributed by atoms with Gasteiger partial charge in [0, 0.05) is 0 Å². The van der Waals surface area contributed by atoms with Gasteiger partial charge in [0.1, 0.15) is 6.54 Å². The van der Waals surface area contributed by atoms with Crippen LogP contribution in [0.15, 0.2) is 16.5 Å². The third-order valence-corrected chi connectivity index (χ3v) is 4.34. The highest BCUT2D eigenvalue weighted by atomic mass is 79.9. The lowest BCUT2D eigenvalue weighted by atomic mass is 10.00. The Morgan fingerprint density at radius 2 is 1.33 bits per heavy atom. The van der Waals surface area contributed by atoms with E-state index in [0.29, 0.717) is 30.2 Å². The number of hydrogen-bond donors (Lipinski definition) is 1. The highest BCUT2D eigenvalue weighted by Gasteiger charge is 2.73. The molecule has 10 heteroatoms. The molecule has 1 rings (SSSR count). The van der Waals surface area contributed by atoms with Gasteiger partial charge in [-0.05, 0) is 32.9 Å². The Morgan fingerprint density at radius 3 is 1.67 bits per heavy atom. The van der Waals surface area contributed by atoms with E-state index in [0.717, 1.165) is 6.07 Å². The molecule has 0 fully saturated rings. The van der Waals surface area contributed by atoms with Gasteiger partial charge in [0.05, 0.1) is 19.6 Å². The minimum absolute atomic E-state index is 0. The topological polar surface area (TPSA) is 33.4 Å². The molecule has 0 radical (unpaired) electrons. The molecule has 0 amide bonds. The number of aliphatic hydroxyl groups is 1. The second-order valence-electron chi connectivity index (χ2n) is 5.42. The smallest absolute Gasteiger partial charge is 0.433 e. The van der Waals surface area contributed by atoms with Crippen LogP contribution in [0.5, 0.6) is 0 Å². The van der Waals surface area contributed by atoms with Crippen molar-refractivity contribution in [3.05, 3.63) is 23.7 Å². The summed E-state index contributed by atoms with van der Waals surface area (Å²) in [7, 11) is 0. The summed E-state index contributed by atoms with van der Waals surface area (Å²) in [6.07, 6.45) is -11.9. The number of furan rings is 1. The van der Waals surface area contributed by atoms with Crippen LogP contribution in [0, 0.1) is 0 Å². The van der Waals surface area contributed by atoms with E-state index < -0.39 is 23.7 Å². The molecule has 0 atom stereocenters. The molecule has 0 aliphatic carbocycles. The van der Waals surface area contributed by atoms with Crippen molar-refractivity contribution in [1.82, 2.24) is 0 Å². The Labute approximate surface area is 146 Å². The van der Waals surface area contributed by atoms with Crippen LogP contribution in [-0.4, -0.2) is 41.6 Å². The molecule has 1 N–H and O–H groups in total. The summed E-state index contributed by atoms with van der Waals surface area (Å²) in [6, 6.07) is 1.58. The molecule has 0 aliphatic rings. The van der Waals surface area contributed by atoms with Crippen molar-refractivity contribution in [2.75, 3.05) is 19.6 Å². The molecule has 0 saturated carbocycles. The number of alkyl halides is 6. The van der Waals surface area contributed by atoms with Crippen molar-refractivity contribution in [3.63, 3.8) is 0 Å². The molecular weight excluding hydrogens is 408 g/mol.